The highest BCUT2D eigenvalue weighted by Crippen LogP contribution is 2.31. The Morgan fingerprint density at radius 1 is 1.55 bits per heavy atom. The molecule has 7 heteroatoms. The van der Waals surface area contributed by atoms with Gasteiger partial charge in [-0.2, -0.15) is 0 Å². The summed E-state index contributed by atoms with van der Waals surface area (Å²) in [5.41, 5.74) is -1.06. The number of piperidine rings is 1. The summed E-state index contributed by atoms with van der Waals surface area (Å²) < 4.78 is 10.1. The zero-order valence-corrected chi connectivity index (χ0v) is 11.9. The molecular weight excluding hydrogens is 286 g/mol. The molecule has 6 nitrogen and oxygen atoms in total. The maximum Gasteiger partial charge on any atom is 0.313 e. The lowest BCUT2D eigenvalue weighted by Gasteiger charge is -2.39. The van der Waals surface area contributed by atoms with E-state index >= 15 is 0 Å². The number of likely N-dealkylation sites (tertiary alicyclic amines) is 1. The third-order valence-corrected chi connectivity index (χ3v) is 3.73. The van der Waals surface area contributed by atoms with Crippen molar-refractivity contribution < 1.29 is 23.8 Å². The zero-order valence-electron chi connectivity index (χ0n) is 11.1. The highest BCUT2D eigenvalue weighted by atomic mass is 35.5. The van der Waals surface area contributed by atoms with E-state index in [9.17, 15) is 14.7 Å². The zero-order chi connectivity index (χ0) is 14.8. The van der Waals surface area contributed by atoms with E-state index in [-0.39, 0.29) is 30.0 Å². The Balaban J connectivity index is 2.17. The maximum absolute atomic E-state index is 12.3. The molecule has 0 radical (unpaired) electrons. The van der Waals surface area contributed by atoms with Crippen LogP contribution in [0.1, 0.15) is 23.4 Å². The molecule has 0 aliphatic carbocycles. The average molecular weight is 302 g/mol. The van der Waals surface area contributed by atoms with Crippen LogP contribution in [0, 0.1) is 5.41 Å². The highest BCUT2D eigenvalue weighted by Gasteiger charge is 2.44. The van der Waals surface area contributed by atoms with Crippen molar-refractivity contribution in [2.45, 2.75) is 12.8 Å². The van der Waals surface area contributed by atoms with Crippen molar-refractivity contribution in [3.63, 3.8) is 0 Å². The average Bonchev–Trinajstić information content (AvgIpc) is 2.85. The number of amides is 1. The van der Waals surface area contributed by atoms with E-state index < -0.39 is 11.4 Å². The Morgan fingerprint density at radius 2 is 2.30 bits per heavy atom. The van der Waals surface area contributed by atoms with E-state index in [4.69, 9.17) is 20.8 Å². The van der Waals surface area contributed by atoms with Crippen molar-refractivity contribution >= 4 is 23.5 Å². The third-order valence-electron chi connectivity index (χ3n) is 3.52. The van der Waals surface area contributed by atoms with Crippen molar-refractivity contribution in [2.24, 2.45) is 5.41 Å². The molecule has 0 saturated carbocycles. The number of rotatable bonds is 4. The lowest BCUT2D eigenvalue weighted by Crippen LogP contribution is -2.52. The third kappa shape index (κ3) is 2.81. The summed E-state index contributed by atoms with van der Waals surface area (Å²) in [6.07, 6.45) is 1.09. The van der Waals surface area contributed by atoms with Gasteiger partial charge in [0.25, 0.3) is 5.91 Å². The van der Waals surface area contributed by atoms with Crippen LogP contribution in [0.25, 0.3) is 0 Å². The summed E-state index contributed by atoms with van der Waals surface area (Å²) in [6.45, 7) is 0.675. The number of furan rings is 1. The van der Waals surface area contributed by atoms with Crippen molar-refractivity contribution in [2.75, 3.05) is 26.8 Å². The van der Waals surface area contributed by atoms with Gasteiger partial charge < -0.3 is 19.2 Å². The van der Waals surface area contributed by atoms with Gasteiger partial charge in [0.15, 0.2) is 11.0 Å². The number of carbonyl (C=O) groups is 2. The minimum Gasteiger partial charge on any atom is -0.481 e. The summed E-state index contributed by atoms with van der Waals surface area (Å²) in [5.74, 6) is -1.18. The first-order valence-corrected chi connectivity index (χ1v) is 6.63. The summed E-state index contributed by atoms with van der Waals surface area (Å²) in [6, 6.07) is 2.97. The molecule has 1 atom stereocenters. The van der Waals surface area contributed by atoms with Gasteiger partial charge in [-0.1, -0.05) is 0 Å². The number of methoxy groups -OCH3 is 1. The van der Waals surface area contributed by atoms with Crippen LogP contribution in [0.3, 0.4) is 0 Å². The van der Waals surface area contributed by atoms with Gasteiger partial charge in [-0.15, -0.1) is 0 Å². The summed E-state index contributed by atoms with van der Waals surface area (Å²) in [5, 5.41) is 9.56. The Hall–Kier alpha value is -1.53. The molecule has 110 valence electrons. The second-order valence-electron chi connectivity index (χ2n) is 4.95. The SMILES string of the molecule is COCC1(C(=O)O)CCCN(C(=O)c2ccc(Cl)o2)C1. The van der Waals surface area contributed by atoms with E-state index in [0.717, 1.165) is 0 Å². The summed E-state index contributed by atoms with van der Waals surface area (Å²) in [4.78, 5) is 25.3. The number of carboxylic acid groups (broad SMARTS) is 1. The fourth-order valence-corrected chi connectivity index (χ4v) is 2.67. The molecule has 0 bridgehead atoms. The molecule has 2 heterocycles. The lowest BCUT2D eigenvalue weighted by atomic mass is 9.80. The number of carbonyl (C=O) groups excluding carboxylic acids is 1. The van der Waals surface area contributed by atoms with Crippen molar-refractivity contribution in [1.29, 1.82) is 0 Å². The predicted molar refractivity (Wildman–Crippen MR) is 70.8 cm³/mol. The fraction of sp³-hybridized carbons (Fsp3) is 0.538. The fourth-order valence-electron chi connectivity index (χ4n) is 2.52. The molecule has 1 amide bonds. The number of ether oxygens (including phenoxy) is 1. The minimum atomic E-state index is -1.06. The first-order valence-electron chi connectivity index (χ1n) is 6.25. The number of nitrogens with zero attached hydrogens (tertiary/aromatic N) is 1. The van der Waals surface area contributed by atoms with Gasteiger partial charge in [-0.05, 0) is 36.6 Å². The number of aliphatic carboxylic acids is 1. The Kier molecular flexibility index (Phi) is 4.35. The highest BCUT2D eigenvalue weighted by molar-refractivity contribution is 6.29. The standard InChI is InChI=1S/C13H16ClNO5/c1-19-8-13(12(17)18)5-2-6-15(7-13)11(16)9-3-4-10(14)20-9/h3-4H,2,5-8H2,1H3,(H,17,18). The lowest BCUT2D eigenvalue weighted by molar-refractivity contribution is -0.155. The van der Waals surface area contributed by atoms with Crippen LogP contribution >= 0.6 is 11.6 Å². The molecule has 1 aromatic rings. The molecule has 1 aliphatic heterocycles. The van der Waals surface area contributed by atoms with E-state index in [1.54, 1.807) is 0 Å². The molecule has 0 spiro atoms. The van der Waals surface area contributed by atoms with E-state index in [1.165, 1.54) is 24.1 Å². The Bertz CT molecular complexity index is 511. The van der Waals surface area contributed by atoms with Gasteiger partial charge in [-0.3, -0.25) is 9.59 Å². The van der Waals surface area contributed by atoms with Gasteiger partial charge in [0, 0.05) is 20.2 Å². The summed E-state index contributed by atoms with van der Waals surface area (Å²) in [7, 11) is 1.46. The predicted octanol–water partition coefficient (Wildman–Crippen LogP) is 1.89. The number of hydrogen-bond acceptors (Lipinski definition) is 4. The van der Waals surface area contributed by atoms with Crippen LogP contribution in [0.2, 0.25) is 5.22 Å². The van der Waals surface area contributed by atoms with Gasteiger partial charge in [0.1, 0.15) is 5.41 Å². The number of hydrogen-bond donors (Lipinski definition) is 1. The molecule has 1 saturated heterocycles. The Morgan fingerprint density at radius 3 is 2.85 bits per heavy atom. The molecule has 20 heavy (non-hydrogen) atoms. The van der Waals surface area contributed by atoms with Crippen molar-refractivity contribution in [1.82, 2.24) is 4.90 Å². The van der Waals surface area contributed by atoms with Crippen LogP contribution in [0.5, 0.6) is 0 Å². The van der Waals surface area contributed by atoms with Crippen LogP contribution < -0.4 is 0 Å². The maximum atomic E-state index is 12.3. The monoisotopic (exact) mass is 301 g/mol. The molecule has 1 aliphatic rings. The quantitative estimate of drug-likeness (QED) is 0.918. The van der Waals surface area contributed by atoms with E-state index in [0.29, 0.717) is 19.4 Å². The second-order valence-corrected chi connectivity index (χ2v) is 5.33. The molecule has 1 fully saturated rings. The van der Waals surface area contributed by atoms with E-state index in [2.05, 4.69) is 0 Å². The van der Waals surface area contributed by atoms with Crippen LogP contribution in [0.4, 0.5) is 0 Å². The molecule has 0 aromatic carbocycles. The van der Waals surface area contributed by atoms with E-state index in [1.807, 2.05) is 0 Å². The van der Waals surface area contributed by atoms with Crippen molar-refractivity contribution in [3.8, 4) is 0 Å². The first-order chi connectivity index (χ1) is 9.48. The van der Waals surface area contributed by atoms with Crippen molar-refractivity contribution in [3.05, 3.63) is 23.1 Å². The van der Waals surface area contributed by atoms with Crippen LogP contribution in [-0.4, -0.2) is 48.7 Å². The molecule has 2 rings (SSSR count). The normalized spacial score (nSPS) is 22.8. The second kappa shape index (κ2) is 5.85. The number of halogens is 1. The van der Waals surface area contributed by atoms with Crippen LogP contribution in [0.15, 0.2) is 16.5 Å². The molecule has 1 aromatic heterocycles. The molecule has 1 N–H and O–H groups in total. The minimum absolute atomic E-state index is 0.0744. The molecule has 1 unspecified atom stereocenters. The number of carboxylic acids is 1. The molecular formula is C13H16ClNO5. The smallest absolute Gasteiger partial charge is 0.313 e. The largest absolute Gasteiger partial charge is 0.481 e. The first kappa shape index (κ1) is 14.9. The van der Waals surface area contributed by atoms with Gasteiger partial charge >= 0.3 is 5.97 Å². The Labute approximate surface area is 121 Å². The van der Waals surface area contributed by atoms with Crippen LogP contribution in [-0.2, 0) is 9.53 Å². The van der Waals surface area contributed by atoms with Gasteiger partial charge in [0.05, 0.1) is 6.61 Å². The topological polar surface area (TPSA) is 80.0 Å². The van der Waals surface area contributed by atoms with Gasteiger partial charge in [0.2, 0.25) is 0 Å². The summed E-state index contributed by atoms with van der Waals surface area (Å²) >= 11 is 5.65. The van der Waals surface area contributed by atoms with Gasteiger partial charge in [-0.25, -0.2) is 0 Å².